The van der Waals surface area contributed by atoms with Gasteiger partial charge in [0, 0.05) is 22.8 Å². The molecule has 6 rings (SSSR count). The fourth-order valence-corrected chi connectivity index (χ4v) is 5.01. The first kappa shape index (κ1) is 25.0. The van der Waals surface area contributed by atoms with Gasteiger partial charge in [-0.25, -0.2) is 19.5 Å². The summed E-state index contributed by atoms with van der Waals surface area (Å²) in [4.78, 5) is 41.9. The van der Waals surface area contributed by atoms with Gasteiger partial charge in [0.05, 0.1) is 28.1 Å². The minimum atomic E-state index is -0.685. The van der Waals surface area contributed by atoms with Crippen LogP contribution in [0, 0.1) is 18.8 Å². The monoisotopic (exact) mass is 546 g/mol. The Morgan fingerprint density at radius 3 is 2.67 bits per heavy atom. The lowest BCUT2D eigenvalue weighted by Gasteiger charge is -2.20. The number of carbonyl (C=O) groups excluding carboxylic acids is 1. The fourth-order valence-electron chi connectivity index (χ4n) is 4.48. The van der Waals surface area contributed by atoms with E-state index in [2.05, 4.69) is 32.2 Å². The zero-order valence-corrected chi connectivity index (χ0v) is 22.3. The number of thiazole rings is 1. The number of aryl methyl sites for hydroxylation is 1. The molecule has 6 aromatic rings. The molecule has 40 heavy (non-hydrogen) atoms. The molecule has 1 atom stereocenters. The van der Waals surface area contributed by atoms with Crippen molar-refractivity contribution in [3.05, 3.63) is 110 Å². The quantitative estimate of drug-likeness (QED) is 0.322. The van der Waals surface area contributed by atoms with E-state index in [9.17, 15) is 9.59 Å². The molecule has 0 fully saturated rings. The van der Waals surface area contributed by atoms with Gasteiger partial charge in [-0.05, 0) is 50.1 Å². The number of nitrogens with one attached hydrogen (secondary N) is 1. The van der Waals surface area contributed by atoms with Crippen molar-refractivity contribution >= 4 is 39.6 Å². The predicted molar refractivity (Wildman–Crippen MR) is 153 cm³/mol. The molecule has 0 unspecified atom stereocenters. The molecule has 0 radical (unpaired) electrons. The number of aromatic nitrogens is 6. The second-order valence-electron chi connectivity index (χ2n) is 9.00. The van der Waals surface area contributed by atoms with E-state index in [-0.39, 0.29) is 16.9 Å². The summed E-state index contributed by atoms with van der Waals surface area (Å²) in [5, 5.41) is 7.48. The Kier molecular flexibility index (Phi) is 6.30. The van der Waals surface area contributed by atoms with Crippen LogP contribution in [-0.4, -0.2) is 35.0 Å². The molecule has 0 saturated carbocycles. The van der Waals surface area contributed by atoms with E-state index in [4.69, 9.17) is 10.7 Å². The molecule has 196 valence electrons. The summed E-state index contributed by atoms with van der Waals surface area (Å²) in [6.45, 7) is 3.71. The van der Waals surface area contributed by atoms with Gasteiger partial charge in [-0.2, -0.15) is 0 Å². The molecule has 0 aliphatic rings. The normalized spacial score (nSPS) is 11.8. The third-order valence-corrected chi connectivity index (χ3v) is 7.14. The van der Waals surface area contributed by atoms with E-state index < -0.39 is 11.9 Å². The van der Waals surface area contributed by atoms with Crippen LogP contribution >= 0.6 is 11.3 Å². The number of nitrogens with two attached hydrogens (primary N) is 1. The number of rotatable bonds is 4. The highest BCUT2D eigenvalue weighted by atomic mass is 32.1. The molecule has 0 aliphatic carbocycles. The maximum Gasteiger partial charge on any atom is 0.267 e. The lowest BCUT2D eigenvalue weighted by atomic mass is 10.1. The van der Waals surface area contributed by atoms with Crippen LogP contribution in [0.4, 0.5) is 5.82 Å². The van der Waals surface area contributed by atoms with E-state index >= 15 is 0 Å². The number of nitrogen functional groups attached to an aromatic ring is 1. The second-order valence-corrected chi connectivity index (χ2v) is 10.1. The molecule has 10 nitrogen and oxygen atoms in total. The van der Waals surface area contributed by atoms with Crippen molar-refractivity contribution in [1.29, 1.82) is 0 Å². The number of amides is 1. The van der Waals surface area contributed by atoms with Gasteiger partial charge in [-0.1, -0.05) is 30.2 Å². The lowest BCUT2D eigenvalue weighted by Crippen LogP contribution is -2.33. The van der Waals surface area contributed by atoms with Gasteiger partial charge in [0.1, 0.15) is 17.1 Å². The van der Waals surface area contributed by atoms with Gasteiger partial charge in [0.25, 0.3) is 11.5 Å². The molecule has 2 aromatic carbocycles. The van der Waals surface area contributed by atoms with Gasteiger partial charge in [-0.15, -0.1) is 16.4 Å². The minimum Gasteiger partial charge on any atom is -0.381 e. The van der Waals surface area contributed by atoms with Crippen LogP contribution in [0.3, 0.4) is 0 Å². The van der Waals surface area contributed by atoms with Crippen molar-refractivity contribution in [2.24, 2.45) is 0 Å². The number of hydrogen-bond donors (Lipinski definition) is 2. The number of benzene rings is 2. The van der Waals surface area contributed by atoms with E-state index in [0.717, 1.165) is 4.88 Å². The molecule has 1 amide bonds. The van der Waals surface area contributed by atoms with Crippen molar-refractivity contribution in [2.75, 3.05) is 5.73 Å². The Hall–Kier alpha value is -5.34. The predicted octanol–water partition coefficient (Wildman–Crippen LogP) is 3.67. The van der Waals surface area contributed by atoms with E-state index in [0.29, 0.717) is 39.3 Å². The summed E-state index contributed by atoms with van der Waals surface area (Å²) in [7, 11) is 0. The average Bonchev–Trinajstić information content (AvgIpc) is 3.53. The molecule has 0 bridgehead atoms. The van der Waals surface area contributed by atoms with Gasteiger partial charge < -0.3 is 11.1 Å². The van der Waals surface area contributed by atoms with Crippen LogP contribution in [0.15, 0.2) is 77.3 Å². The Bertz CT molecular complexity index is 2030. The molecule has 4 heterocycles. The van der Waals surface area contributed by atoms with Crippen LogP contribution in [0.2, 0.25) is 0 Å². The SMILES string of the molecule is Cc1scnc1C#Cc1cccc2nc([C@@H](C)NC(=O)c3c(N)nn4cccnc34)n(-c3ccccc3)c(=O)c12. The molecule has 4 aromatic heterocycles. The van der Waals surface area contributed by atoms with Crippen LogP contribution < -0.4 is 16.6 Å². The number of nitrogens with zero attached hydrogens (tertiary/aromatic N) is 6. The first-order valence-corrected chi connectivity index (χ1v) is 13.2. The smallest absolute Gasteiger partial charge is 0.267 e. The molecule has 0 spiro atoms. The highest BCUT2D eigenvalue weighted by Gasteiger charge is 2.24. The number of para-hydroxylation sites is 1. The van der Waals surface area contributed by atoms with Gasteiger partial charge >= 0.3 is 0 Å². The third-order valence-electron chi connectivity index (χ3n) is 6.38. The second kappa shape index (κ2) is 10.1. The summed E-state index contributed by atoms with van der Waals surface area (Å²) in [5.74, 6) is 6.11. The molecule has 0 aliphatic heterocycles. The lowest BCUT2D eigenvalue weighted by molar-refractivity contribution is 0.0940. The Morgan fingerprint density at radius 1 is 1.07 bits per heavy atom. The molecule has 11 heteroatoms. The minimum absolute atomic E-state index is 0.0499. The maximum atomic E-state index is 14.1. The van der Waals surface area contributed by atoms with Crippen LogP contribution in [0.1, 0.15) is 45.3 Å². The molecule has 3 N–H and O–H groups in total. The van der Waals surface area contributed by atoms with Gasteiger partial charge in [-0.3, -0.25) is 14.2 Å². The first-order chi connectivity index (χ1) is 19.4. The number of hydrogen-bond acceptors (Lipinski definition) is 8. The Balaban J connectivity index is 1.48. The zero-order chi connectivity index (χ0) is 27.8. The standard InChI is InChI=1S/C29H22N8O2S/c1-17(33-28(38)24-25(30)35-36-15-7-14-31-27(24)36)26-34-22-11-6-8-19(12-13-21-18(2)40-16-32-21)23(22)29(39)37(26)20-9-4-3-5-10-20/h3-11,14-17H,1-2H3,(H2,30,35)(H,33,38)/t17-/m1/s1. The van der Waals surface area contributed by atoms with Crippen LogP contribution in [-0.2, 0) is 0 Å². The van der Waals surface area contributed by atoms with Crippen molar-refractivity contribution < 1.29 is 4.79 Å². The van der Waals surface area contributed by atoms with Crippen molar-refractivity contribution in [1.82, 2.24) is 34.4 Å². The van der Waals surface area contributed by atoms with Crippen LogP contribution in [0.25, 0.3) is 22.2 Å². The topological polar surface area (TPSA) is 133 Å². The fraction of sp³-hybridized carbons (Fsp3) is 0.103. The van der Waals surface area contributed by atoms with Gasteiger partial charge in [0.15, 0.2) is 11.5 Å². The average molecular weight is 547 g/mol. The van der Waals surface area contributed by atoms with Gasteiger partial charge in [0.2, 0.25) is 0 Å². The van der Waals surface area contributed by atoms with Crippen molar-refractivity contribution in [3.63, 3.8) is 0 Å². The third kappa shape index (κ3) is 4.36. The zero-order valence-electron chi connectivity index (χ0n) is 21.5. The number of carbonyl (C=O) groups is 1. The van der Waals surface area contributed by atoms with Crippen molar-refractivity contribution in [2.45, 2.75) is 19.9 Å². The summed E-state index contributed by atoms with van der Waals surface area (Å²) in [5.41, 5.74) is 10.3. The summed E-state index contributed by atoms with van der Waals surface area (Å²) >= 11 is 1.51. The first-order valence-electron chi connectivity index (χ1n) is 12.3. The number of anilines is 1. The summed E-state index contributed by atoms with van der Waals surface area (Å²) in [6, 6.07) is 15.5. The molecular formula is C29H22N8O2S. The maximum absolute atomic E-state index is 14.1. The molecular weight excluding hydrogens is 524 g/mol. The highest BCUT2D eigenvalue weighted by Crippen LogP contribution is 2.22. The Morgan fingerprint density at radius 2 is 1.90 bits per heavy atom. The molecule has 0 saturated heterocycles. The number of fused-ring (bicyclic) bond motifs is 2. The van der Waals surface area contributed by atoms with E-state index in [1.807, 2.05) is 37.3 Å². The largest absolute Gasteiger partial charge is 0.381 e. The summed E-state index contributed by atoms with van der Waals surface area (Å²) < 4.78 is 2.95. The van der Waals surface area contributed by atoms with E-state index in [1.54, 1.807) is 49.1 Å². The van der Waals surface area contributed by atoms with Crippen LogP contribution in [0.5, 0.6) is 0 Å². The Labute approximate surface area is 232 Å². The summed E-state index contributed by atoms with van der Waals surface area (Å²) in [6.07, 6.45) is 3.22. The highest BCUT2D eigenvalue weighted by molar-refractivity contribution is 7.09. The van der Waals surface area contributed by atoms with E-state index in [1.165, 1.54) is 20.4 Å². The van der Waals surface area contributed by atoms with Crippen molar-refractivity contribution in [3.8, 4) is 17.5 Å².